The first-order valence-corrected chi connectivity index (χ1v) is 13.8. The lowest BCUT2D eigenvalue weighted by atomic mass is 9.41. The number of ether oxygens (including phenoxy) is 1. The van der Waals surface area contributed by atoms with E-state index >= 15 is 0 Å². The summed E-state index contributed by atoms with van der Waals surface area (Å²) in [4.78, 5) is 12.8. The molecule has 1 heterocycles. The molecule has 8 atom stereocenters. The van der Waals surface area contributed by atoms with Gasteiger partial charge in [0.25, 0.3) is 0 Å². The third-order valence-electron chi connectivity index (χ3n) is 12.3. The molecule has 0 aromatic rings. The van der Waals surface area contributed by atoms with Gasteiger partial charge in [0.15, 0.2) is 0 Å². The third-order valence-corrected chi connectivity index (χ3v) is 12.3. The Morgan fingerprint density at radius 1 is 1.00 bits per heavy atom. The molecule has 33 heavy (non-hydrogen) atoms. The third kappa shape index (κ3) is 3.23. The second kappa shape index (κ2) is 7.42. The summed E-state index contributed by atoms with van der Waals surface area (Å²) in [6.07, 6.45) is 12.9. The molecule has 3 saturated carbocycles. The highest BCUT2D eigenvalue weighted by molar-refractivity contribution is 5.85. The molecule has 5 rings (SSSR count). The maximum atomic E-state index is 12.8. The summed E-state index contributed by atoms with van der Waals surface area (Å²) in [5, 5.41) is 10.4. The van der Waals surface area contributed by atoms with E-state index in [2.05, 4.69) is 40.7 Å². The Labute approximate surface area is 202 Å². The molecular formula is C30H48O3. The van der Waals surface area contributed by atoms with Crippen LogP contribution in [0.1, 0.15) is 106 Å². The van der Waals surface area contributed by atoms with Crippen molar-refractivity contribution in [3.8, 4) is 0 Å². The van der Waals surface area contributed by atoms with Gasteiger partial charge in [0, 0.05) is 11.8 Å². The highest BCUT2D eigenvalue weighted by Gasteiger charge is 2.65. The van der Waals surface area contributed by atoms with E-state index in [0.717, 1.165) is 32.3 Å². The molecular weight excluding hydrogens is 408 g/mol. The molecule has 1 saturated heterocycles. The molecule has 5 aliphatic rings. The molecule has 1 aliphatic heterocycles. The molecule has 1 N–H and O–H groups in total. The Kier molecular flexibility index (Phi) is 5.40. The minimum Gasteiger partial charge on any atom is -0.388 e. The van der Waals surface area contributed by atoms with Crippen LogP contribution in [0.3, 0.4) is 0 Å². The standard InChI is InChI=1S/C30H48O3/c1-26(2)23-10-9-22-21(28(23,5)15-14-24(26)31)13-17-29(6)20(12-16-30(22,29)7)19-8-11-25(33-18-19)27(3,4)32/h9,19-21,23,25,32H,8,10-18H2,1-7H3. The zero-order chi connectivity index (χ0) is 24.0. The lowest BCUT2D eigenvalue weighted by Gasteiger charge is -2.63. The molecule has 186 valence electrons. The van der Waals surface area contributed by atoms with Gasteiger partial charge in [-0.1, -0.05) is 46.3 Å². The van der Waals surface area contributed by atoms with Gasteiger partial charge in [-0.2, -0.15) is 0 Å². The second-order valence-electron chi connectivity index (χ2n) is 14.4. The molecule has 0 amide bonds. The van der Waals surface area contributed by atoms with Crippen molar-refractivity contribution in [2.75, 3.05) is 6.61 Å². The van der Waals surface area contributed by atoms with Gasteiger partial charge >= 0.3 is 0 Å². The topological polar surface area (TPSA) is 46.5 Å². The summed E-state index contributed by atoms with van der Waals surface area (Å²) < 4.78 is 6.25. The van der Waals surface area contributed by atoms with Crippen LogP contribution in [-0.2, 0) is 9.53 Å². The number of carbonyl (C=O) groups is 1. The van der Waals surface area contributed by atoms with Crippen LogP contribution in [-0.4, -0.2) is 29.2 Å². The van der Waals surface area contributed by atoms with Gasteiger partial charge in [-0.25, -0.2) is 0 Å². The summed E-state index contributed by atoms with van der Waals surface area (Å²) >= 11 is 0. The van der Waals surface area contributed by atoms with E-state index in [4.69, 9.17) is 4.74 Å². The van der Waals surface area contributed by atoms with Crippen molar-refractivity contribution < 1.29 is 14.6 Å². The van der Waals surface area contributed by atoms with Crippen molar-refractivity contribution in [2.24, 2.45) is 45.3 Å². The number of aliphatic hydroxyl groups is 1. The number of hydrogen-bond acceptors (Lipinski definition) is 3. The van der Waals surface area contributed by atoms with Crippen molar-refractivity contribution in [3.63, 3.8) is 0 Å². The van der Waals surface area contributed by atoms with Crippen LogP contribution in [0.4, 0.5) is 0 Å². The van der Waals surface area contributed by atoms with Gasteiger partial charge < -0.3 is 9.84 Å². The molecule has 4 fully saturated rings. The van der Waals surface area contributed by atoms with E-state index in [0.29, 0.717) is 34.9 Å². The van der Waals surface area contributed by atoms with Crippen molar-refractivity contribution >= 4 is 5.78 Å². The highest BCUT2D eigenvalue weighted by Crippen LogP contribution is 2.73. The molecule has 4 aliphatic carbocycles. The minimum absolute atomic E-state index is 0.0274. The van der Waals surface area contributed by atoms with Crippen molar-refractivity contribution in [1.82, 2.24) is 0 Å². The number of Topliss-reactive ketones (excluding diaryl/α,β-unsaturated/α-hetero) is 1. The Balaban J connectivity index is 1.42. The average molecular weight is 457 g/mol. The summed E-state index contributed by atoms with van der Waals surface area (Å²) in [5.41, 5.74) is 1.68. The molecule has 0 spiro atoms. The van der Waals surface area contributed by atoms with E-state index in [1.54, 1.807) is 5.57 Å². The van der Waals surface area contributed by atoms with Gasteiger partial charge in [-0.15, -0.1) is 0 Å². The predicted octanol–water partition coefficient (Wildman–Crippen LogP) is 6.73. The van der Waals surface area contributed by atoms with Crippen molar-refractivity contribution in [2.45, 2.75) is 118 Å². The molecule has 0 aromatic carbocycles. The summed E-state index contributed by atoms with van der Waals surface area (Å²) in [6, 6.07) is 0. The SMILES string of the molecule is CC(C)(O)C1CCC(C2CCC3(C)C4=CCC5C(C)(C)C(=O)CCC5(C)C4CCC23C)CO1. The Bertz CT molecular complexity index is 841. The molecule has 8 unspecified atom stereocenters. The first-order chi connectivity index (χ1) is 15.2. The fourth-order valence-corrected chi connectivity index (χ4v) is 9.96. The minimum atomic E-state index is -0.745. The Hall–Kier alpha value is -0.670. The first kappa shape index (κ1) is 24.0. The molecule has 0 aromatic heterocycles. The van der Waals surface area contributed by atoms with Gasteiger partial charge in [0.05, 0.1) is 18.3 Å². The Morgan fingerprint density at radius 3 is 2.36 bits per heavy atom. The van der Waals surface area contributed by atoms with E-state index in [1.165, 1.54) is 32.1 Å². The number of rotatable bonds is 2. The summed E-state index contributed by atoms with van der Waals surface area (Å²) in [6.45, 7) is 16.8. The van der Waals surface area contributed by atoms with Crippen LogP contribution in [0.5, 0.6) is 0 Å². The maximum absolute atomic E-state index is 12.8. The normalized spacial score (nSPS) is 49.6. The quantitative estimate of drug-likeness (QED) is 0.469. The largest absolute Gasteiger partial charge is 0.388 e. The maximum Gasteiger partial charge on any atom is 0.138 e. The monoisotopic (exact) mass is 456 g/mol. The van der Waals surface area contributed by atoms with Gasteiger partial charge in [0.1, 0.15) is 5.78 Å². The summed E-state index contributed by atoms with van der Waals surface area (Å²) in [7, 11) is 0. The van der Waals surface area contributed by atoms with Crippen LogP contribution in [0.25, 0.3) is 0 Å². The smallest absolute Gasteiger partial charge is 0.138 e. The number of allylic oxidation sites excluding steroid dienone is 2. The number of carbonyl (C=O) groups excluding carboxylic acids is 1. The summed E-state index contributed by atoms with van der Waals surface area (Å²) in [5.74, 6) is 2.93. The van der Waals surface area contributed by atoms with Gasteiger partial charge in [-0.05, 0) is 105 Å². The number of ketones is 1. The number of fused-ring (bicyclic) bond motifs is 5. The lowest BCUT2D eigenvalue weighted by Crippen LogP contribution is -2.57. The van der Waals surface area contributed by atoms with Crippen LogP contribution in [0, 0.1) is 45.3 Å². The first-order valence-electron chi connectivity index (χ1n) is 13.8. The van der Waals surface area contributed by atoms with Crippen LogP contribution < -0.4 is 0 Å². The molecule has 0 bridgehead atoms. The fraction of sp³-hybridized carbons (Fsp3) is 0.900. The van der Waals surface area contributed by atoms with Crippen LogP contribution >= 0.6 is 0 Å². The van der Waals surface area contributed by atoms with Crippen LogP contribution in [0.2, 0.25) is 0 Å². The fourth-order valence-electron chi connectivity index (χ4n) is 9.96. The van der Waals surface area contributed by atoms with Crippen LogP contribution in [0.15, 0.2) is 11.6 Å². The second-order valence-corrected chi connectivity index (χ2v) is 14.4. The predicted molar refractivity (Wildman–Crippen MR) is 133 cm³/mol. The van der Waals surface area contributed by atoms with E-state index in [-0.39, 0.29) is 22.3 Å². The number of hydrogen-bond donors (Lipinski definition) is 1. The van der Waals surface area contributed by atoms with Gasteiger partial charge in [-0.3, -0.25) is 4.79 Å². The Morgan fingerprint density at radius 2 is 1.73 bits per heavy atom. The van der Waals surface area contributed by atoms with E-state index in [9.17, 15) is 9.90 Å². The van der Waals surface area contributed by atoms with E-state index < -0.39 is 5.60 Å². The van der Waals surface area contributed by atoms with Crippen molar-refractivity contribution in [3.05, 3.63) is 11.6 Å². The highest BCUT2D eigenvalue weighted by atomic mass is 16.5. The molecule has 3 nitrogen and oxygen atoms in total. The van der Waals surface area contributed by atoms with E-state index in [1.807, 2.05) is 13.8 Å². The van der Waals surface area contributed by atoms with Crippen molar-refractivity contribution in [1.29, 1.82) is 0 Å². The zero-order valence-electron chi connectivity index (χ0n) is 22.3. The lowest BCUT2D eigenvalue weighted by molar-refractivity contribution is -0.148. The molecule has 3 heteroatoms. The zero-order valence-corrected chi connectivity index (χ0v) is 22.3. The average Bonchev–Trinajstić information content (AvgIpc) is 3.02. The van der Waals surface area contributed by atoms with Gasteiger partial charge in [0.2, 0.25) is 0 Å². The molecule has 0 radical (unpaired) electrons.